The number of carbonyl (C=O) groups is 3. The summed E-state index contributed by atoms with van der Waals surface area (Å²) in [6, 6.07) is 13.8. The van der Waals surface area contributed by atoms with Crippen LogP contribution < -0.4 is 16.0 Å². The Bertz CT molecular complexity index is 855. The van der Waals surface area contributed by atoms with Crippen molar-refractivity contribution in [3.8, 4) is 0 Å². The van der Waals surface area contributed by atoms with E-state index < -0.39 is 0 Å². The summed E-state index contributed by atoms with van der Waals surface area (Å²) in [4.78, 5) is 36.6. The molecule has 2 aromatic carbocycles. The number of benzene rings is 2. The summed E-state index contributed by atoms with van der Waals surface area (Å²) in [6.45, 7) is 3.63. The van der Waals surface area contributed by atoms with Crippen LogP contribution in [0, 0.1) is 5.92 Å². The van der Waals surface area contributed by atoms with E-state index in [1.54, 1.807) is 48.5 Å². The summed E-state index contributed by atoms with van der Waals surface area (Å²) in [5, 5.41) is 8.50. The number of para-hydroxylation sites is 1. The molecule has 0 aromatic heterocycles. The first-order valence-corrected chi connectivity index (χ1v) is 9.06. The van der Waals surface area contributed by atoms with E-state index in [1.165, 1.54) is 0 Å². The quantitative estimate of drug-likeness (QED) is 0.733. The fourth-order valence-corrected chi connectivity index (χ4v) is 2.47. The molecule has 0 unspecified atom stereocenters. The molecule has 1 aliphatic carbocycles. The number of nitrogens with one attached hydrogen (secondary N) is 3. The van der Waals surface area contributed by atoms with Crippen LogP contribution in [0.5, 0.6) is 0 Å². The Hall–Kier alpha value is -3.15. The van der Waals surface area contributed by atoms with Gasteiger partial charge in [-0.2, -0.15) is 0 Å². The minimum atomic E-state index is -0.316. The van der Waals surface area contributed by atoms with E-state index in [9.17, 15) is 14.4 Å². The lowest BCUT2D eigenvalue weighted by molar-refractivity contribution is -0.118. The summed E-state index contributed by atoms with van der Waals surface area (Å²) in [7, 11) is 0. The molecule has 1 fully saturated rings. The summed E-state index contributed by atoms with van der Waals surface area (Å²) in [5.41, 5.74) is 1.99. The van der Waals surface area contributed by atoms with Gasteiger partial charge in [-0.05, 0) is 49.2 Å². The molecule has 0 heterocycles. The molecule has 140 valence electrons. The molecule has 27 heavy (non-hydrogen) atoms. The lowest BCUT2D eigenvalue weighted by Gasteiger charge is -2.12. The Kier molecular flexibility index (Phi) is 5.54. The van der Waals surface area contributed by atoms with Gasteiger partial charge in [0.1, 0.15) is 0 Å². The monoisotopic (exact) mass is 365 g/mol. The van der Waals surface area contributed by atoms with Crippen molar-refractivity contribution in [2.75, 3.05) is 10.6 Å². The van der Waals surface area contributed by atoms with Crippen molar-refractivity contribution in [1.29, 1.82) is 0 Å². The van der Waals surface area contributed by atoms with Crippen LogP contribution in [-0.2, 0) is 4.79 Å². The van der Waals surface area contributed by atoms with Crippen molar-refractivity contribution < 1.29 is 14.4 Å². The number of hydrogen-bond donors (Lipinski definition) is 3. The molecule has 6 heteroatoms. The van der Waals surface area contributed by atoms with Crippen LogP contribution in [0.15, 0.2) is 48.5 Å². The molecule has 0 atom stereocenters. The second-order valence-corrected chi connectivity index (χ2v) is 6.97. The topological polar surface area (TPSA) is 87.3 Å². The normalized spacial score (nSPS) is 13.1. The average molecular weight is 365 g/mol. The maximum atomic E-state index is 12.5. The van der Waals surface area contributed by atoms with Crippen molar-refractivity contribution >= 4 is 29.1 Å². The zero-order valence-corrected chi connectivity index (χ0v) is 15.4. The Morgan fingerprint density at radius 2 is 1.56 bits per heavy atom. The van der Waals surface area contributed by atoms with Crippen molar-refractivity contribution in [1.82, 2.24) is 5.32 Å². The molecule has 0 radical (unpaired) electrons. The molecule has 0 spiro atoms. The molecular weight excluding hydrogens is 342 g/mol. The minimum absolute atomic E-state index is 0.0807. The van der Waals surface area contributed by atoms with Gasteiger partial charge in [-0.25, -0.2) is 0 Å². The maximum Gasteiger partial charge on any atom is 0.255 e. The van der Waals surface area contributed by atoms with E-state index in [1.807, 2.05) is 13.8 Å². The third-order valence-corrected chi connectivity index (χ3v) is 4.27. The van der Waals surface area contributed by atoms with Gasteiger partial charge >= 0.3 is 0 Å². The van der Waals surface area contributed by atoms with E-state index in [0.29, 0.717) is 22.5 Å². The number of hydrogen-bond acceptors (Lipinski definition) is 3. The van der Waals surface area contributed by atoms with Crippen LogP contribution in [0.4, 0.5) is 11.4 Å². The fraction of sp³-hybridized carbons (Fsp3) is 0.286. The van der Waals surface area contributed by atoms with Gasteiger partial charge < -0.3 is 16.0 Å². The van der Waals surface area contributed by atoms with E-state index in [0.717, 1.165) is 12.8 Å². The summed E-state index contributed by atoms with van der Waals surface area (Å²) in [5.74, 6) is -0.697. The first kappa shape index (κ1) is 18.6. The van der Waals surface area contributed by atoms with Crippen molar-refractivity contribution in [3.05, 3.63) is 59.7 Å². The van der Waals surface area contributed by atoms with Gasteiger partial charge in [-0.3, -0.25) is 14.4 Å². The van der Waals surface area contributed by atoms with Gasteiger partial charge in [-0.1, -0.05) is 26.0 Å². The van der Waals surface area contributed by atoms with Crippen LogP contribution >= 0.6 is 0 Å². The predicted molar refractivity (Wildman–Crippen MR) is 105 cm³/mol. The van der Waals surface area contributed by atoms with Crippen LogP contribution in [0.1, 0.15) is 47.4 Å². The van der Waals surface area contributed by atoms with Crippen molar-refractivity contribution in [2.45, 2.75) is 32.7 Å². The molecule has 6 nitrogen and oxygen atoms in total. The van der Waals surface area contributed by atoms with Crippen molar-refractivity contribution in [2.24, 2.45) is 5.92 Å². The molecule has 0 bridgehead atoms. The highest BCUT2D eigenvalue weighted by molar-refractivity contribution is 6.09. The van der Waals surface area contributed by atoms with E-state index in [2.05, 4.69) is 16.0 Å². The summed E-state index contributed by atoms with van der Waals surface area (Å²) in [6.07, 6.45) is 2.00. The third-order valence-electron chi connectivity index (χ3n) is 4.27. The molecule has 3 N–H and O–H groups in total. The zero-order chi connectivity index (χ0) is 19.4. The number of rotatable bonds is 6. The second-order valence-electron chi connectivity index (χ2n) is 6.97. The van der Waals surface area contributed by atoms with Crippen molar-refractivity contribution in [3.63, 3.8) is 0 Å². The SMILES string of the molecule is CC(C)C(=O)Nc1ccc(C(=O)Nc2ccccc2C(=O)NC2CC2)cc1. The highest BCUT2D eigenvalue weighted by atomic mass is 16.2. The molecular formula is C21H23N3O3. The first-order valence-electron chi connectivity index (χ1n) is 9.06. The van der Waals surface area contributed by atoms with Crippen LogP contribution in [0.3, 0.4) is 0 Å². The smallest absolute Gasteiger partial charge is 0.255 e. The molecule has 3 amide bonds. The third kappa shape index (κ3) is 4.94. The number of anilines is 2. The van der Waals surface area contributed by atoms with Crippen LogP contribution in [0.25, 0.3) is 0 Å². The Morgan fingerprint density at radius 1 is 0.889 bits per heavy atom. The zero-order valence-electron chi connectivity index (χ0n) is 15.4. The molecule has 1 aliphatic rings. The number of amides is 3. The lowest BCUT2D eigenvalue weighted by atomic mass is 10.1. The van der Waals surface area contributed by atoms with Gasteiger partial charge in [0, 0.05) is 23.2 Å². The minimum Gasteiger partial charge on any atom is -0.349 e. The van der Waals surface area contributed by atoms with E-state index in [-0.39, 0.29) is 29.7 Å². The molecule has 1 saturated carbocycles. The Labute approximate surface area is 158 Å². The van der Waals surface area contributed by atoms with Gasteiger partial charge in [0.25, 0.3) is 11.8 Å². The largest absolute Gasteiger partial charge is 0.349 e. The predicted octanol–water partition coefficient (Wildman–Crippen LogP) is 3.43. The van der Waals surface area contributed by atoms with Crippen LogP contribution in [-0.4, -0.2) is 23.8 Å². The maximum absolute atomic E-state index is 12.5. The summed E-state index contributed by atoms with van der Waals surface area (Å²) >= 11 is 0. The second kappa shape index (κ2) is 8.03. The molecule has 2 aromatic rings. The van der Waals surface area contributed by atoms with Gasteiger partial charge in [0.05, 0.1) is 11.3 Å². The Balaban J connectivity index is 1.68. The van der Waals surface area contributed by atoms with Gasteiger partial charge in [-0.15, -0.1) is 0 Å². The average Bonchev–Trinajstić information content (AvgIpc) is 3.46. The van der Waals surface area contributed by atoms with Gasteiger partial charge in [0.15, 0.2) is 0 Å². The standard InChI is InChI=1S/C21H23N3O3/c1-13(2)19(25)22-15-9-7-14(8-10-15)20(26)24-18-6-4-3-5-17(18)21(27)23-16-11-12-16/h3-10,13,16H,11-12H2,1-2H3,(H,22,25)(H,23,27)(H,24,26). The van der Waals surface area contributed by atoms with E-state index >= 15 is 0 Å². The number of carbonyl (C=O) groups excluding carboxylic acids is 3. The molecule has 3 rings (SSSR count). The highest BCUT2D eigenvalue weighted by Gasteiger charge is 2.25. The highest BCUT2D eigenvalue weighted by Crippen LogP contribution is 2.22. The van der Waals surface area contributed by atoms with Crippen LogP contribution in [0.2, 0.25) is 0 Å². The van der Waals surface area contributed by atoms with E-state index in [4.69, 9.17) is 0 Å². The summed E-state index contributed by atoms with van der Waals surface area (Å²) < 4.78 is 0. The fourth-order valence-electron chi connectivity index (χ4n) is 2.47. The Morgan fingerprint density at radius 3 is 2.19 bits per heavy atom. The first-order chi connectivity index (χ1) is 12.9. The molecule has 0 aliphatic heterocycles. The lowest BCUT2D eigenvalue weighted by Crippen LogP contribution is -2.27. The van der Waals surface area contributed by atoms with Gasteiger partial charge in [0.2, 0.25) is 5.91 Å². The molecule has 0 saturated heterocycles.